The highest BCUT2D eigenvalue weighted by molar-refractivity contribution is 6.30. The van der Waals surface area contributed by atoms with Crippen LogP contribution < -0.4 is 10.2 Å². The average molecular weight is 382 g/mol. The number of hydrogen-bond acceptors (Lipinski definition) is 3. The quantitative estimate of drug-likeness (QED) is 0.709. The highest BCUT2D eigenvalue weighted by atomic mass is 35.5. The Bertz CT molecular complexity index is 969. The third-order valence-corrected chi connectivity index (χ3v) is 4.44. The first-order valence-electron chi connectivity index (χ1n) is 8.67. The van der Waals surface area contributed by atoms with E-state index >= 15 is 0 Å². The Morgan fingerprint density at radius 1 is 1.11 bits per heavy atom. The van der Waals surface area contributed by atoms with Crippen LogP contribution in [0.4, 0.5) is 5.69 Å². The summed E-state index contributed by atoms with van der Waals surface area (Å²) >= 11 is 5.97. The monoisotopic (exact) mass is 381 g/mol. The van der Waals surface area contributed by atoms with Crippen LogP contribution in [0.2, 0.25) is 5.02 Å². The van der Waals surface area contributed by atoms with E-state index in [-0.39, 0.29) is 18.4 Å². The van der Waals surface area contributed by atoms with Gasteiger partial charge in [-0.3, -0.25) is 14.6 Å². The Balaban J connectivity index is 1.67. The van der Waals surface area contributed by atoms with Crippen molar-refractivity contribution in [1.82, 2.24) is 10.3 Å². The molecule has 3 rings (SSSR count). The van der Waals surface area contributed by atoms with Crippen LogP contribution in [-0.4, -0.2) is 29.9 Å². The lowest BCUT2D eigenvalue weighted by molar-refractivity contribution is -0.123. The molecular weight excluding hydrogens is 362 g/mol. The number of nitrogens with zero attached hydrogens (tertiary/aromatic N) is 2. The van der Waals surface area contributed by atoms with Crippen molar-refractivity contribution >= 4 is 40.0 Å². The van der Waals surface area contributed by atoms with E-state index in [2.05, 4.69) is 10.3 Å². The number of aromatic nitrogens is 1. The molecule has 0 aliphatic carbocycles. The Labute approximate surface area is 163 Å². The van der Waals surface area contributed by atoms with E-state index in [4.69, 9.17) is 11.6 Å². The molecule has 0 atom stereocenters. The van der Waals surface area contributed by atoms with E-state index in [0.717, 1.165) is 10.9 Å². The molecular formula is C21H20ClN3O2. The largest absolute Gasteiger partial charge is 0.354 e. The van der Waals surface area contributed by atoms with Crippen molar-refractivity contribution in [2.75, 3.05) is 18.0 Å². The van der Waals surface area contributed by atoms with Gasteiger partial charge < -0.3 is 10.2 Å². The lowest BCUT2D eigenvalue weighted by Gasteiger charge is -2.21. The van der Waals surface area contributed by atoms with Gasteiger partial charge in [-0.2, -0.15) is 0 Å². The summed E-state index contributed by atoms with van der Waals surface area (Å²) in [5.74, 6) is -0.432. The van der Waals surface area contributed by atoms with Crippen LogP contribution in [0.5, 0.6) is 0 Å². The van der Waals surface area contributed by atoms with E-state index < -0.39 is 0 Å². The fourth-order valence-electron chi connectivity index (χ4n) is 2.91. The zero-order valence-corrected chi connectivity index (χ0v) is 15.7. The van der Waals surface area contributed by atoms with E-state index in [1.807, 2.05) is 48.5 Å². The number of halogens is 1. The number of benzene rings is 2. The van der Waals surface area contributed by atoms with Gasteiger partial charge in [0, 0.05) is 30.1 Å². The zero-order chi connectivity index (χ0) is 19.2. The molecule has 1 heterocycles. The van der Waals surface area contributed by atoms with Crippen molar-refractivity contribution in [3.05, 3.63) is 71.4 Å². The summed E-state index contributed by atoms with van der Waals surface area (Å²) in [5, 5.41) is 4.45. The third kappa shape index (κ3) is 4.83. The normalized spacial score (nSPS) is 10.6. The van der Waals surface area contributed by atoms with Gasteiger partial charge in [-0.25, -0.2) is 0 Å². The number of hydrogen-bond donors (Lipinski definition) is 1. The molecule has 0 radical (unpaired) electrons. The fourth-order valence-corrected chi connectivity index (χ4v) is 3.12. The maximum Gasteiger partial charge on any atom is 0.240 e. The van der Waals surface area contributed by atoms with Crippen molar-refractivity contribution in [2.45, 2.75) is 13.3 Å². The van der Waals surface area contributed by atoms with Crippen LogP contribution in [0.15, 0.2) is 60.8 Å². The van der Waals surface area contributed by atoms with Gasteiger partial charge in [-0.1, -0.05) is 41.9 Å². The minimum absolute atomic E-state index is 0.0550. The van der Waals surface area contributed by atoms with Crippen molar-refractivity contribution in [3.63, 3.8) is 0 Å². The van der Waals surface area contributed by atoms with Crippen LogP contribution in [0.25, 0.3) is 10.9 Å². The van der Waals surface area contributed by atoms with Crippen LogP contribution in [-0.2, 0) is 16.0 Å². The van der Waals surface area contributed by atoms with Gasteiger partial charge in [0.1, 0.15) is 6.54 Å². The summed E-state index contributed by atoms with van der Waals surface area (Å²) < 4.78 is 0. The van der Waals surface area contributed by atoms with E-state index in [1.54, 1.807) is 12.3 Å². The molecule has 0 saturated carbocycles. The predicted octanol–water partition coefficient (Wildman–Crippen LogP) is 3.60. The van der Waals surface area contributed by atoms with Gasteiger partial charge in [0.15, 0.2) is 0 Å². The topological polar surface area (TPSA) is 62.3 Å². The number of pyridine rings is 1. The van der Waals surface area contributed by atoms with Crippen molar-refractivity contribution < 1.29 is 9.59 Å². The number of nitrogens with one attached hydrogen (secondary N) is 1. The first-order chi connectivity index (χ1) is 13.0. The number of carbonyl (C=O) groups is 2. The molecule has 5 nitrogen and oxygen atoms in total. The third-order valence-electron chi connectivity index (χ3n) is 4.21. The van der Waals surface area contributed by atoms with Crippen molar-refractivity contribution in [2.24, 2.45) is 0 Å². The molecule has 3 aromatic rings. The Hall–Kier alpha value is -2.92. The molecule has 0 saturated heterocycles. The second-order valence-corrected chi connectivity index (χ2v) is 6.62. The summed E-state index contributed by atoms with van der Waals surface area (Å²) in [5.41, 5.74) is 2.37. The second-order valence-electron chi connectivity index (χ2n) is 6.19. The lowest BCUT2D eigenvalue weighted by atomic mass is 10.1. The molecule has 2 aromatic carbocycles. The van der Waals surface area contributed by atoms with Gasteiger partial charge in [0.05, 0.1) is 11.2 Å². The van der Waals surface area contributed by atoms with Gasteiger partial charge in [-0.05, 0) is 36.2 Å². The molecule has 0 bridgehead atoms. The second kappa shape index (κ2) is 8.64. The highest BCUT2D eigenvalue weighted by Crippen LogP contribution is 2.24. The molecule has 0 spiro atoms. The highest BCUT2D eigenvalue weighted by Gasteiger charge is 2.18. The summed E-state index contributed by atoms with van der Waals surface area (Å²) in [7, 11) is 0. The van der Waals surface area contributed by atoms with Crippen molar-refractivity contribution in [3.8, 4) is 0 Å². The maximum absolute atomic E-state index is 12.4. The maximum atomic E-state index is 12.4. The average Bonchev–Trinajstić information content (AvgIpc) is 2.66. The first kappa shape index (κ1) is 18.9. The van der Waals surface area contributed by atoms with E-state index in [0.29, 0.717) is 29.2 Å². The summed E-state index contributed by atoms with van der Waals surface area (Å²) in [6.45, 7) is 1.86. The number of rotatable bonds is 6. The predicted molar refractivity (Wildman–Crippen MR) is 108 cm³/mol. The number of fused-ring (bicyclic) bond motifs is 1. The van der Waals surface area contributed by atoms with Gasteiger partial charge in [0.25, 0.3) is 0 Å². The summed E-state index contributed by atoms with van der Waals surface area (Å²) in [6, 6.07) is 16.9. The Morgan fingerprint density at radius 3 is 2.67 bits per heavy atom. The molecule has 0 fully saturated rings. The molecule has 138 valence electrons. The number of anilines is 1. The minimum atomic E-state index is -0.222. The van der Waals surface area contributed by atoms with Crippen molar-refractivity contribution in [1.29, 1.82) is 0 Å². The summed E-state index contributed by atoms with van der Waals surface area (Å²) in [4.78, 5) is 30.3. The van der Waals surface area contributed by atoms with Crippen LogP contribution in [0, 0.1) is 0 Å². The molecule has 27 heavy (non-hydrogen) atoms. The molecule has 0 aliphatic rings. The van der Waals surface area contributed by atoms with Gasteiger partial charge in [0.2, 0.25) is 11.8 Å². The number of carbonyl (C=O) groups excluding carboxylic acids is 2. The standard InChI is InChI=1S/C21H20ClN3O2/c1-15(26)25(19-9-3-6-17-7-4-11-24-21(17)19)14-20(27)23-12-10-16-5-2-8-18(22)13-16/h2-9,11,13H,10,12,14H2,1H3,(H,23,27). The zero-order valence-electron chi connectivity index (χ0n) is 15.0. The first-order valence-corrected chi connectivity index (χ1v) is 9.05. The van der Waals surface area contributed by atoms with Crippen LogP contribution in [0.3, 0.4) is 0 Å². The van der Waals surface area contributed by atoms with Gasteiger partial charge in [-0.15, -0.1) is 0 Å². The van der Waals surface area contributed by atoms with E-state index in [1.165, 1.54) is 11.8 Å². The Kier molecular flexibility index (Phi) is 6.04. The lowest BCUT2D eigenvalue weighted by Crippen LogP contribution is -2.40. The van der Waals surface area contributed by atoms with Gasteiger partial charge >= 0.3 is 0 Å². The molecule has 0 unspecified atom stereocenters. The molecule has 0 aliphatic heterocycles. The van der Waals surface area contributed by atoms with E-state index in [9.17, 15) is 9.59 Å². The van der Waals surface area contributed by atoms with Crippen LogP contribution >= 0.6 is 11.6 Å². The fraction of sp³-hybridized carbons (Fsp3) is 0.190. The molecule has 1 N–H and O–H groups in total. The molecule has 1 aromatic heterocycles. The van der Waals surface area contributed by atoms with Crippen LogP contribution in [0.1, 0.15) is 12.5 Å². The minimum Gasteiger partial charge on any atom is -0.354 e. The summed E-state index contributed by atoms with van der Waals surface area (Å²) in [6.07, 6.45) is 2.34. The molecule has 6 heteroatoms. The number of para-hydroxylation sites is 1. The SMILES string of the molecule is CC(=O)N(CC(=O)NCCc1cccc(Cl)c1)c1cccc2cccnc12. The molecule has 2 amide bonds. The smallest absolute Gasteiger partial charge is 0.240 e. The Morgan fingerprint density at radius 2 is 1.89 bits per heavy atom. The number of amides is 2.